The Morgan fingerprint density at radius 3 is 2.79 bits per heavy atom. The van der Waals surface area contributed by atoms with Gasteiger partial charge >= 0.3 is 17.1 Å². The van der Waals surface area contributed by atoms with Crippen molar-refractivity contribution in [3.05, 3.63) is 30.1 Å². The summed E-state index contributed by atoms with van der Waals surface area (Å²) in [5, 5.41) is 7.95. The predicted molar refractivity (Wildman–Crippen MR) is 77.6 cm³/mol. The average Bonchev–Trinajstić information content (AvgIpc) is 2.41. The molecule has 0 saturated heterocycles. The molecule has 1 radical (unpaired) electrons. The first-order valence-corrected chi connectivity index (χ1v) is 6.76. The Morgan fingerprint density at radius 2 is 2.11 bits per heavy atom. The van der Waals surface area contributed by atoms with Crippen molar-refractivity contribution < 1.29 is 17.1 Å². The summed E-state index contributed by atoms with van der Waals surface area (Å²) >= 11 is 5.19. The van der Waals surface area contributed by atoms with Crippen LogP contribution in [0, 0.1) is 0 Å². The molecule has 6 heteroatoms. The third-order valence-electron chi connectivity index (χ3n) is 2.99. The molecular weight excluding hydrogens is 308 g/mol. The molecule has 1 aliphatic rings. The number of hydrogen-bond acceptors (Lipinski definition) is 3. The van der Waals surface area contributed by atoms with Crippen LogP contribution in [0.5, 0.6) is 0 Å². The van der Waals surface area contributed by atoms with Crippen molar-refractivity contribution >= 4 is 23.5 Å². The molecule has 1 aliphatic carbocycles. The molecule has 1 heterocycles. The maximum absolute atomic E-state index is 5.19. The van der Waals surface area contributed by atoms with E-state index < -0.39 is 0 Å². The normalized spacial score (nSPS) is 15.8. The Kier molecular flexibility index (Phi) is 7.63. The molecule has 0 aromatic carbocycles. The van der Waals surface area contributed by atoms with Gasteiger partial charge in [0.25, 0.3) is 0 Å². The largest absolute Gasteiger partial charge is 2.00 e. The van der Waals surface area contributed by atoms with E-state index in [0.717, 1.165) is 5.69 Å². The monoisotopic (exact) mass is 325 g/mol. The van der Waals surface area contributed by atoms with Crippen LogP contribution in [-0.4, -0.2) is 22.4 Å². The van der Waals surface area contributed by atoms with Crippen molar-refractivity contribution in [3.63, 3.8) is 0 Å². The van der Waals surface area contributed by atoms with E-state index in [0.29, 0.717) is 11.2 Å². The molecule has 1 aromatic heterocycles. The van der Waals surface area contributed by atoms with Crippen molar-refractivity contribution in [2.75, 3.05) is 0 Å². The van der Waals surface area contributed by atoms with Crippen molar-refractivity contribution in [1.82, 2.24) is 15.7 Å². The van der Waals surface area contributed by atoms with E-state index in [2.05, 4.69) is 20.8 Å². The van der Waals surface area contributed by atoms with Crippen LogP contribution in [0.4, 0.5) is 0 Å². The number of nitrogens with zero attached hydrogens (tertiary/aromatic N) is 2. The van der Waals surface area contributed by atoms with E-state index in [-0.39, 0.29) is 17.1 Å². The summed E-state index contributed by atoms with van der Waals surface area (Å²) in [7, 11) is 0. The number of hydrogen-bond donors (Lipinski definition) is 2. The molecule has 0 amide bonds. The molecule has 2 rings (SSSR count). The Labute approximate surface area is 129 Å². The van der Waals surface area contributed by atoms with E-state index in [1.165, 1.54) is 32.1 Å². The fourth-order valence-corrected chi connectivity index (χ4v) is 2.29. The number of hydrazone groups is 1. The van der Waals surface area contributed by atoms with Gasteiger partial charge in [-0.15, -0.1) is 0 Å². The Balaban J connectivity index is 0.00000180. The standard InChI is InChI=1S/C13H18N4S.Cu/c18-13(16-11-6-2-1-3-7-11)17-15-10-12-8-4-5-9-14-12;/h4-5,8-11H,1-3,6-7H2,(H2,16,17,18);/q;+2. The van der Waals surface area contributed by atoms with Crippen LogP contribution < -0.4 is 10.7 Å². The summed E-state index contributed by atoms with van der Waals surface area (Å²) in [6.07, 6.45) is 9.72. The minimum atomic E-state index is 0. The molecule has 19 heavy (non-hydrogen) atoms. The van der Waals surface area contributed by atoms with Crippen LogP contribution in [-0.2, 0) is 17.1 Å². The first kappa shape index (κ1) is 16.1. The van der Waals surface area contributed by atoms with Gasteiger partial charge in [-0.05, 0) is 37.2 Å². The summed E-state index contributed by atoms with van der Waals surface area (Å²) in [6.45, 7) is 0. The van der Waals surface area contributed by atoms with Gasteiger partial charge in [0.2, 0.25) is 0 Å². The first-order chi connectivity index (χ1) is 8.84. The summed E-state index contributed by atoms with van der Waals surface area (Å²) in [5.74, 6) is 0. The molecule has 1 saturated carbocycles. The van der Waals surface area contributed by atoms with Crippen LogP contribution in [0.1, 0.15) is 37.8 Å². The van der Waals surface area contributed by atoms with Gasteiger partial charge in [0.05, 0.1) is 11.9 Å². The van der Waals surface area contributed by atoms with Crippen molar-refractivity contribution in [2.24, 2.45) is 5.10 Å². The van der Waals surface area contributed by atoms with E-state index >= 15 is 0 Å². The summed E-state index contributed by atoms with van der Waals surface area (Å²) < 4.78 is 0. The molecule has 0 bridgehead atoms. The number of rotatable bonds is 3. The fraction of sp³-hybridized carbons (Fsp3) is 0.462. The molecule has 0 atom stereocenters. The molecule has 1 aromatic rings. The quantitative estimate of drug-likeness (QED) is 0.387. The molecular formula is C13H18CuN4S+2. The van der Waals surface area contributed by atoms with Gasteiger partial charge in [0.15, 0.2) is 5.11 Å². The Morgan fingerprint density at radius 1 is 1.32 bits per heavy atom. The van der Waals surface area contributed by atoms with Crippen LogP contribution in [0.25, 0.3) is 0 Å². The molecule has 1 fully saturated rings. The zero-order valence-corrected chi connectivity index (χ0v) is 12.4. The molecule has 4 nitrogen and oxygen atoms in total. The maximum atomic E-state index is 5.19. The summed E-state index contributed by atoms with van der Waals surface area (Å²) in [4.78, 5) is 4.14. The SMILES string of the molecule is S=C(NN=Cc1ccccn1)NC1CCCCC1.[Cu+2]. The third-order valence-corrected chi connectivity index (χ3v) is 3.20. The predicted octanol–water partition coefficient (Wildman–Crippen LogP) is 2.21. The topological polar surface area (TPSA) is 49.3 Å². The molecule has 2 N–H and O–H groups in total. The molecule has 0 unspecified atom stereocenters. The van der Waals surface area contributed by atoms with Crippen LogP contribution >= 0.6 is 12.2 Å². The zero-order chi connectivity index (χ0) is 12.6. The van der Waals surface area contributed by atoms with Gasteiger partial charge < -0.3 is 5.32 Å². The van der Waals surface area contributed by atoms with Gasteiger partial charge in [0, 0.05) is 12.2 Å². The van der Waals surface area contributed by atoms with Crippen LogP contribution in [0.15, 0.2) is 29.5 Å². The van der Waals surface area contributed by atoms with E-state index in [9.17, 15) is 0 Å². The second-order valence-corrected chi connectivity index (χ2v) is 4.84. The van der Waals surface area contributed by atoms with Gasteiger partial charge in [-0.25, -0.2) is 0 Å². The second-order valence-electron chi connectivity index (χ2n) is 4.43. The number of aromatic nitrogens is 1. The maximum Gasteiger partial charge on any atom is 2.00 e. The van der Waals surface area contributed by atoms with Gasteiger partial charge in [-0.3, -0.25) is 10.4 Å². The number of nitrogens with one attached hydrogen (secondary N) is 2. The van der Waals surface area contributed by atoms with Crippen molar-refractivity contribution in [3.8, 4) is 0 Å². The fourth-order valence-electron chi connectivity index (χ4n) is 2.07. The van der Waals surface area contributed by atoms with Crippen molar-refractivity contribution in [1.29, 1.82) is 0 Å². The Hall–Kier alpha value is -0.971. The van der Waals surface area contributed by atoms with E-state index in [1.54, 1.807) is 12.4 Å². The minimum Gasteiger partial charge on any atom is -0.359 e. The number of thiocarbonyl (C=S) groups is 1. The number of pyridine rings is 1. The van der Waals surface area contributed by atoms with E-state index in [4.69, 9.17) is 12.2 Å². The van der Waals surface area contributed by atoms with Crippen LogP contribution in [0.3, 0.4) is 0 Å². The Bertz CT molecular complexity index is 404. The first-order valence-electron chi connectivity index (χ1n) is 6.35. The van der Waals surface area contributed by atoms with Crippen LogP contribution in [0.2, 0.25) is 0 Å². The van der Waals surface area contributed by atoms with E-state index in [1.807, 2.05) is 18.2 Å². The summed E-state index contributed by atoms with van der Waals surface area (Å²) in [5.41, 5.74) is 3.64. The average molecular weight is 326 g/mol. The van der Waals surface area contributed by atoms with Gasteiger partial charge in [-0.1, -0.05) is 25.3 Å². The smallest absolute Gasteiger partial charge is 0.359 e. The van der Waals surface area contributed by atoms with Gasteiger partial charge in [-0.2, -0.15) is 5.10 Å². The molecule has 0 spiro atoms. The van der Waals surface area contributed by atoms with Crippen molar-refractivity contribution in [2.45, 2.75) is 38.1 Å². The molecule has 0 aliphatic heterocycles. The minimum absolute atomic E-state index is 0. The zero-order valence-electron chi connectivity index (χ0n) is 10.6. The molecule has 105 valence electrons. The van der Waals surface area contributed by atoms with Gasteiger partial charge in [0.1, 0.15) is 0 Å². The second kappa shape index (κ2) is 9.02. The third kappa shape index (κ3) is 6.14. The summed E-state index contributed by atoms with van der Waals surface area (Å²) in [6, 6.07) is 6.19.